The molecular formula is C22H32ClN3O3S. The van der Waals surface area contributed by atoms with E-state index in [-0.39, 0.29) is 17.6 Å². The van der Waals surface area contributed by atoms with Crippen LogP contribution in [0.4, 0.5) is 5.69 Å². The van der Waals surface area contributed by atoms with Crippen molar-refractivity contribution in [3.63, 3.8) is 0 Å². The Hall–Kier alpha value is -1.44. The molecule has 6 nitrogen and oxygen atoms in total. The van der Waals surface area contributed by atoms with Crippen LogP contribution in [0.5, 0.6) is 0 Å². The molecule has 0 radical (unpaired) electrons. The average Bonchev–Trinajstić information content (AvgIpc) is 2.78. The molecule has 2 aliphatic heterocycles. The van der Waals surface area contributed by atoms with Crippen molar-refractivity contribution >= 4 is 41.7 Å². The van der Waals surface area contributed by atoms with Crippen molar-refractivity contribution in [3.05, 3.63) is 29.3 Å². The molecule has 0 spiro atoms. The van der Waals surface area contributed by atoms with Gasteiger partial charge in [0.2, 0.25) is 11.8 Å². The van der Waals surface area contributed by atoms with E-state index in [9.17, 15) is 9.59 Å². The summed E-state index contributed by atoms with van der Waals surface area (Å²) in [6.07, 6.45) is 5.41. The summed E-state index contributed by atoms with van der Waals surface area (Å²) in [7, 11) is 0. The smallest absolute Gasteiger partial charge is 0.248 e. The minimum Gasteiger partial charge on any atom is -0.381 e. The normalized spacial score (nSPS) is 19.3. The number of benzene rings is 1. The largest absolute Gasteiger partial charge is 0.381 e. The maximum absolute atomic E-state index is 13.5. The van der Waals surface area contributed by atoms with Crippen molar-refractivity contribution in [1.82, 2.24) is 10.2 Å². The Labute approximate surface area is 189 Å². The Kier molecular flexibility index (Phi) is 8.72. The monoisotopic (exact) mass is 453 g/mol. The third-order valence-electron chi connectivity index (χ3n) is 6.14. The van der Waals surface area contributed by atoms with Crippen molar-refractivity contribution in [1.29, 1.82) is 0 Å². The van der Waals surface area contributed by atoms with E-state index in [0.29, 0.717) is 43.5 Å². The van der Waals surface area contributed by atoms with Crippen LogP contribution in [0, 0.1) is 5.92 Å². The molecule has 3 rings (SSSR count). The fourth-order valence-corrected chi connectivity index (χ4v) is 4.56. The van der Waals surface area contributed by atoms with Gasteiger partial charge in [0.1, 0.15) is 5.54 Å². The Morgan fingerprint density at radius 2 is 1.83 bits per heavy atom. The number of rotatable bonds is 8. The van der Waals surface area contributed by atoms with Crippen molar-refractivity contribution in [2.24, 2.45) is 5.92 Å². The molecule has 2 N–H and O–H groups in total. The number of anilines is 1. The minimum absolute atomic E-state index is 0.0197. The number of piperidine rings is 1. The van der Waals surface area contributed by atoms with Crippen LogP contribution in [0.3, 0.4) is 0 Å². The van der Waals surface area contributed by atoms with E-state index in [1.54, 1.807) is 0 Å². The first-order valence-electron chi connectivity index (χ1n) is 10.8. The second kappa shape index (κ2) is 11.3. The van der Waals surface area contributed by atoms with Crippen molar-refractivity contribution in [2.45, 2.75) is 44.1 Å². The fourth-order valence-electron chi connectivity index (χ4n) is 4.32. The molecule has 0 aromatic heterocycles. The van der Waals surface area contributed by atoms with Crippen LogP contribution in [0.2, 0.25) is 5.02 Å². The predicted octanol–water partition coefficient (Wildman–Crippen LogP) is 3.37. The summed E-state index contributed by atoms with van der Waals surface area (Å²) in [6.45, 7) is 3.45. The molecule has 1 aromatic carbocycles. The standard InChI is InChI=1S/C22H32ClN3O3S/c23-18-3-5-19(6-4-18)25-22(9-14-29-15-10-22)21(28)26-12-7-17(8-13-26)2-1-11-24-20(27)16-30/h3-6,17,25,30H,1-2,7-16H2,(H,24,27). The highest BCUT2D eigenvalue weighted by atomic mass is 35.5. The summed E-state index contributed by atoms with van der Waals surface area (Å²) < 4.78 is 5.55. The summed E-state index contributed by atoms with van der Waals surface area (Å²) in [4.78, 5) is 26.8. The molecule has 8 heteroatoms. The van der Waals surface area contributed by atoms with Gasteiger partial charge < -0.3 is 20.3 Å². The summed E-state index contributed by atoms with van der Waals surface area (Å²) in [6, 6.07) is 7.52. The van der Waals surface area contributed by atoms with E-state index in [0.717, 1.165) is 44.5 Å². The van der Waals surface area contributed by atoms with Gasteiger partial charge in [-0.2, -0.15) is 12.6 Å². The first-order valence-corrected chi connectivity index (χ1v) is 11.8. The van der Waals surface area contributed by atoms with Gasteiger partial charge in [-0.1, -0.05) is 11.6 Å². The van der Waals surface area contributed by atoms with Crippen LogP contribution in [-0.4, -0.2) is 60.9 Å². The minimum atomic E-state index is -0.615. The van der Waals surface area contributed by atoms with E-state index < -0.39 is 5.54 Å². The summed E-state index contributed by atoms with van der Waals surface area (Å²) in [5.74, 6) is 1.00. The molecule has 2 heterocycles. The van der Waals surface area contributed by atoms with Gasteiger partial charge in [0.05, 0.1) is 5.75 Å². The number of likely N-dealkylation sites (tertiary alicyclic amines) is 1. The zero-order chi connectivity index (χ0) is 21.4. The van der Waals surface area contributed by atoms with Gasteiger partial charge in [-0.05, 0) is 55.9 Å². The summed E-state index contributed by atoms with van der Waals surface area (Å²) >= 11 is 9.97. The van der Waals surface area contributed by atoms with Gasteiger partial charge in [-0.25, -0.2) is 0 Å². The van der Waals surface area contributed by atoms with Gasteiger partial charge >= 0.3 is 0 Å². The van der Waals surface area contributed by atoms with Crippen LogP contribution < -0.4 is 10.6 Å². The van der Waals surface area contributed by atoms with Gasteiger partial charge in [0.15, 0.2) is 0 Å². The van der Waals surface area contributed by atoms with Gasteiger partial charge in [0.25, 0.3) is 0 Å². The zero-order valence-corrected chi connectivity index (χ0v) is 19.0. The molecule has 0 aliphatic carbocycles. The molecule has 2 aliphatic rings. The molecule has 30 heavy (non-hydrogen) atoms. The highest BCUT2D eigenvalue weighted by Gasteiger charge is 2.43. The lowest BCUT2D eigenvalue weighted by molar-refractivity contribution is -0.140. The topological polar surface area (TPSA) is 70.7 Å². The third kappa shape index (κ3) is 6.28. The van der Waals surface area contributed by atoms with Crippen LogP contribution >= 0.6 is 24.2 Å². The first-order chi connectivity index (χ1) is 14.5. The molecule has 0 unspecified atom stereocenters. The number of nitrogens with zero attached hydrogens (tertiary/aromatic N) is 1. The number of carbonyl (C=O) groups is 2. The molecule has 0 atom stereocenters. The lowest BCUT2D eigenvalue weighted by atomic mass is 9.85. The maximum Gasteiger partial charge on any atom is 0.248 e. The summed E-state index contributed by atoms with van der Waals surface area (Å²) in [5.41, 5.74) is 0.295. The Morgan fingerprint density at radius 1 is 1.17 bits per heavy atom. The molecule has 2 saturated heterocycles. The number of nitrogens with one attached hydrogen (secondary N) is 2. The Balaban J connectivity index is 1.53. The molecule has 0 saturated carbocycles. The SMILES string of the molecule is O=C(CS)NCCCC1CCN(C(=O)C2(Nc3ccc(Cl)cc3)CCOCC2)CC1. The summed E-state index contributed by atoms with van der Waals surface area (Å²) in [5, 5.41) is 7.06. The van der Waals surface area contributed by atoms with Gasteiger partial charge in [-0.15, -0.1) is 0 Å². The van der Waals surface area contributed by atoms with Crippen LogP contribution in [0.1, 0.15) is 38.5 Å². The number of ether oxygens (including phenoxy) is 1. The van der Waals surface area contributed by atoms with Gasteiger partial charge in [0, 0.05) is 56.4 Å². The number of hydrogen-bond acceptors (Lipinski definition) is 5. The highest BCUT2D eigenvalue weighted by molar-refractivity contribution is 7.81. The van der Waals surface area contributed by atoms with Crippen LogP contribution in [0.25, 0.3) is 0 Å². The van der Waals surface area contributed by atoms with E-state index >= 15 is 0 Å². The van der Waals surface area contributed by atoms with Crippen LogP contribution in [-0.2, 0) is 14.3 Å². The van der Waals surface area contributed by atoms with E-state index in [1.165, 1.54) is 0 Å². The van der Waals surface area contributed by atoms with E-state index in [2.05, 4.69) is 23.3 Å². The van der Waals surface area contributed by atoms with Gasteiger partial charge in [-0.3, -0.25) is 9.59 Å². The molecule has 1 aromatic rings. The molecule has 0 bridgehead atoms. The second-order valence-corrected chi connectivity index (χ2v) is 8.96. The molecule has 166 valence electrons. The first kappa shape index (κ1) is 23.2. The fraction of sp³-hybridized carbons (Fsp3) is 0.636. The van der Waals surface area contributed by atoms with E-state index in [4.69, 9.17) is 16.3 Å². The number of amides is 2. The quantitative estimate of drug-likeness (QED) is 0.417. The number of halogens is 1. The average molecular weight is 454 g/mol. The zero-order valence-electron chi connectivity index (χ0n) is 17.4. The number of thiol groups is 1. The van der Waals surface area contributed by atoms with Crippen molar-refractivity contribution in [2.75, 3.05) is 43.9 Å². The molecular weight excluding hydrogens is 422 g/mol. The molecule has 2 fully saturated rings. The lowest BCUT2D eigenvalue weighted by Gasteiger charge is -2.43. The third-order valence-corrected chi connectivity index (χ3v) is 6.68. The highest BCUT2D eigenvalue weighted by Crippen LogP contribution is 2.31. The maximum atomic E-state index is 13.5. The molecule has 2 amide bonds. The predicted molar refractivity (Wildman–Crippen MR) is 123 cm³/mol. The van der Waals surface area contributed by atoms with Crippen LogP contribution in [0.15, 0.2) is 24.3 Å². The van der Waals surface area contributed by atoms with E-state index in [1.807, 2.05) is 29.2 Å². The number of carbonyl (C=O) groups excluding carboxylic acids is 2. The Bertz CT molecular complexity index is 702. The Morgan fingerprint density at radius 3 is 2.47 bits per heavy atom. The lowest BCUT2D eigenvalue weighted by Crippen LogP contribution is -2.58. The second-order valence-electron chi connectivity index (χ2n) is 8.21. The van der Waals surface area contributed by atoms with Crippen molar-refractivity contribution in [3.8, 4) is 0 Å². The van der Waals surface area contributed by atoms with Crippen molar-refractivity contribution < 1.29 is 14.3 Å². The number of hydrogen-bond donors (Lipinski definition) is 3.